The zero-order chi connectivity index (χ0) is 12.1. The molecule has 0 spiro atoms. The standard InChI is InChI=1S/C11H11NO4/c1-14-8-5-4-7(6-12)10(15-2)9(8)11(13)16-3/h4-5H,1-3H3. The minimum atomic E-state index is -0.606. The third kappa shape index (κ3) is 1.91. The number of benzene rings is 1. The number of methoxy groups -OCH3 is 3. The lowest BCUT2D eigenvalue weighted by Gasteiger charge is -2.12. The molecule has 0 aliphatic carbocycles. The maximum atomic E-state index is 11.5. The highest BCUT2D eigenvalue weighted by Gasteiger charge is 2.22. The van der Waals surface area contributed by atoms with Gasteiger partial charge in [0.2, 0.25) is 0 Å². The number of carbonyl (C=O) groups excluding carboxylic acids is 1. The van der Waals surface area contributed by atoms with Crippen LogP contribution in [-0.2, 0) is 4.74 Å². The first-order valence-corrected chi connectivity index (χ1v) is 4.43. The minimum Gasteiger partial charge on any atom is -0.496 e. The van der Waals surface area contributed by atoms with E-state index < -0.39 is 5.97 Å². The summed E-state index contributed by atoms with van der Waals surface area (Å²) in [6.07, 6.45) is 0. The second kappa shape index (κ2) is 5.03. The van der Waals surface area contributed by atoms with Gasteiger partial charge in [0.1, 0.15) is 17.4 Å². The van der Waals surface area contributed by atoms with Crippen LogP contribution in [0.15, 0.2) is 12.1 Å². The molecule has 0 saturated heterocycles. The number of esters is 1. The van der Waals surface area contributed by atoms with Crippen LogP contribution < -0.4 is 9.47 Å². The molecule has 5 nitrogen and oxygen atoms in total. The summed E-state index contributed by atoms with van der Waals surface area (Å²) in [5.41, 5.74) is 0.371. The van der Waals surface area contributed by atoms with E-state index in [1.165, 1.54) is 33.5 Å². The summed E-state index contributed by atoms with van der Waals surface area (Å²) < 4.78 is 14.7. The van der Waals surface area contributed by atoms with E-state index in [-0.39, 0.29) is 16.9 Å². The molecule has 0 aliphatic rings. The van der Waals surface area contributed by atoms with Crippen molar-refractivity contribution >= 4 is 5.97 Å². The van der Waals surface area contributed by atoms with Gasteiger partial charge >= 0.3 is 5.97 Å². The summed E-state index contributed by atoms with van der Waals surface area (Å²) in [5, 5.41) is 8.87. The van der Waals surface area contributed by atoms with Crippen LogP contribution in [0.1, 0.15) is 15.9 Å². The van der Waals surface area contributed by atoms with Crippen molar-refractivity contribution < 1.29 is 19.0 Å². The van der Waals surface area contributed by atoms with E-state index in [4.69, 9.17) is 14.7 Å². The lowest BCUT2D eigenvalue weighted by Crippen LogP contribution is -2.07. The van der Waals surface area contributed by atoms with Crippen molar-refractivity contribution in [2.24, 2.45) is 0 Å². The van der Waals surface area contributed by atoms with Crippen LogP contribution >= 0.6 is 0 Å². The smallest absolute Gasteiger partial charge is 0.345 e. The molecule has 1 aromatic rings. The van der Waals surface area contributed by atoms with Gasteiger partial charge in [0.25, 0.3) is 0 Å². The van der Waals surface area contributed by atoms with Crippen molar-refractivity contribution in [1.29, 1.82) is 5.26 Å². The van der Waals surface area contributed by atoms with Gasteiger partial charge in [-0.1, -0.05) is 0 Å². The lowest BCUT2D eigenvalue weighted by atomic mass is 10.1. The summed E-state index contributed by atoms with van der Waals surface area (Å²) in [7, 11) is 4.05. The van der Waals surface area contributed by atoms with Gasteiger partial charge in [-0.2, -0.15) is 5.26 Å². The third-order valence-electron chi connectivity index (χ3n) is 2.05. The number of carbonyl (C=O) groups is 1. The van der Waals surface area contributed by atoms with Crippen molar-refractivity contribution in [3.63, 3.8) is 0 Å². The number of hydrogen-bond acceptors (Lipinski definition) is 5. The van der Waals surface area contributed by atoms with Crippen molar-refractivity contribution in [3.8, 4) is 17.6 Å². The first kappa shape index (κ1) is 11.9. The lowest BCUT2D eigenvalue weighted by molar-refractivity contribution is 0.0593. The molecular weight excluding hydrogens is 210 g/mol. The zero-order valence-electron chi connectivity index (χ0n) is 9.23. The molecule has 5 heteroatoms. The molecule has 1 rings (SSSR count). The van der Waals surface area contributed by atoms with E-state index in [2.05, 4.69) is 4.74 Å². The maximum absolute atomic E-state index is 11.5. The Kier molecular flexibility index (Phi) is 3.72. The van der Waals surface area contributed by atoms with Crippen LogP contribution in [0.3, 0.4) is 0 Å². The molecule has 84 valence electrons. The largest absolute Gasteiger partial charge is 0.496 e. The number of rotatable bonds is 3. The molecule has 0 unspecified atom stereocenters. The molecule has 0 aromatic heterocycles. The third-order valence-corrected chi connectivity index (χ3v) is 2.05. The van der Waals surface area contributed by atoms with E-state index in [9.17, 15) is 4.79 Å². The minimum absolute atomic E-state index is 0.117. The first-order valence-electron chi connectivity index (χ1n) is 4.43. The molecule has 0 bridgehead atoms. The predicted molar refractivity (Wildman–Crippen MR) is 55.6 cm³/mol. The fraction of sp³-hybridized carbons (Fsp3) is 0.273. The second-order valence-corrected chi connectivity index (χ2v) is 2.83. The SMILES string of the molecule is COC(=O)c1c(OC)ccc(C#N)c1OC. The molecule has 0 aliphatic heterocycles. The van der Waals surface area contributed by atoms with Crippen molar-refractivity contribution in [1.82, 2.24) is 0 Å². The second-order valence-electron chi connectivity index (χ2n) is 2.83. The number of ether oxygens (including phenoxy) is 3. The Labute approximate surface area is 93.2 Å². The van der Waals surface area contributed by atoms with E-state index in [1.807, 2.05) is 6.07 Å². The fourth-order valence-corrected chi connectivity index (χ4v) is 1.33. The molecule has 0 heterocycles. The van der Waals surface area contributed by atoms with Gasteiger partial charge in [0.05, 0.1) is 26.9 Å². The summed E-state index contributed by atoms with van der Waals surface area (Å²) >= 11 is 0. The summed E-state index contributed by atoms with van der Waals surface area (Å²) in [6, 6.07) is 4.97. The molecule has 1 aromatic carbocycles. The first-order chi connectivity index (χ1) is 7.69. The fourth-order valence-electron chi connectivity index (χ4n) is 1.33. The topological polar surface area (TPSA) is 68.5 Å². The van der Waals surface area contributed by atoms with E-state index in [0.717, 1.165) is 0 Å². The molecular formula is C11H11NO4. The van der Waals surface area contributed by atoms with E-state index in [0.29, 0.717) is 5.75 Å². The highest BCUT2D eigenvalue weighted by atomic mass is 16.5. The van der Waals surface area contributed by atoms with Crippen LogP contribution in [0, 0.1) is 11.3 Å². The molecule has 16 heavy (non-hydrogen) atoms. The normalized spacial score (nSPS) is 9.12. The van der Waals surface area contributed by atoms with Crippen molar-refractivity contribution in [2.75, 3.05) is 21.3 Å². The van der Waals surface area contributed by atoms with Crippen LogP contribution in [-0.4, -0.2) is 27.3 Å². The number of nitrogens with zero attached hydrogens (tertiary/aromatic N) is 1. The van der Waals surface area contributed by atoms with Gasteiger partial charge in [0.15, 0.2) is 5.75 Å². The van der Waals surface area contributed by atoms with E-state index >= 15 is 0 Å². The molecule has 0 fully saturated rings. The summed E-state index contributed by atoms with van der Waals surface area (Å²) in [6.45, 7) is 0. The molecule has 0 saturated carbocycles. The average molecular weight is 221 g/mol. The Morgan fingerprint density at radius 3 is 2.38 bits per heavy atom. The predicted octanol–water partition coefficient (Wildman–Crippen LogP) is 1.36. The van der Waals surface area contributed by atoms with Gasteiger partial charge in [-0.3, -0.25) is 0 Å². The summed E-state index contributed by atoms with van der Waals surface area (Å²) in [5.74, 6) is -0.137. The van der Waals surface area contributed by atoms with Gasteiger partial charge in [-0.15, -0.1) is 0 Å². The Hall–Kier alpha value is -2.22. The Bertz CT molecular complexity index is 448. The zero-order valence-corrected chi connectivity index (χ0v) is 9.23. The van der Waals surface area contributed by atoms with Crippen molar-refractivity contribution in [2.45, 2.75) is 0 Å². The summed E-state index contributed by atoms with van der Waals surface area (Å²) in [4.78, 5) is 11.5. The van der Waals surface area contributed by atoms with Gasteiger partial charge in [0, 0.05) is 0 Å². The average Bonchev–Trinajstić information content (AvgIpc) is 2.35. The van der Waals surface area contributed by atoms with Crippen LogP contribution in [0.5, 0.6) is 11.5 Å². The van der Waals surface area contributed by atoms with Crippen molar-refractivity contribution in [3.05, 3.63) is 23.3 Å². The Morgan fingerprint density at radius 2 is 1.94 bits per heavy atom. The molecule has 0 radical (unpaired) electrons. The molecule has 0 atom stereocenters. The van der Waals surface area contributed by atoms with Gasteiger partial charge in [-0.25, -0.2) is 4.79 Å². The molecule has 0 N–H and O–H groups in total. The van der Waals surface area contributed by atoms with Gasteiger partial charge in [-0.05, 0) is 12.1 Å². The van der Waals surface area contributed by atoms with Crippen LogP contribution in [0.2, 0.25) is 0 Å². The van der Waals surface area contributed by atoms with Gasteiger partial charge < -0.3 is 14.2 Å². The number of hydrogen-bond donors (Lipinski definition) is 0. The Morgan fingerprint density at radius 1 is 1.25 bits per heavy atom. The quantitative estimate of drug-likeness (QED) is 0.721. The Balaban J connectivity index is 3.50. The molecule has 0 amide bonds. The maximum Gasteiger partial charge on any atom is 0.345 e. The van der Waals surface area contributed by atoms with E-state index in [1.54, 1.807) is 0 Å². The highest BCUT2D eigenvalue weighted by molar-refractivity contribution is 5.96. The van der Waals surface area contributed by atoms with Crippen LogP contribution in [0.25, 0.3) is 0 Å². The number of nitriles is 1. The highest BCUT2D eigenvalue weighted by Crippen LogP contribution is 2.32. The van der Waals surface area contributed by atoms with Crippen LogP contribution in [0.4, 0.5) is 0 Å². The monoisotopic (exact) mass is 221 g/mol.